The molecule has 2 atom stereocenters. The standard InChI is InChI=1S/C34H46Cl2N8O2/c1-6-28(46)42-19-34(20-42)13-23(14-34)44-21(2)29(30-25-15-37-38-27(25)11-26(35)31(30)36)32(39-44)43-8-7-22(12-33(43,3)4)16-41-10-9-40(5)24(17-41)18-45/h6,11,15,22-24,45H,1,7-10,12-14,16-20H2,2-5H3,(H,37,38)/t22-,24+/m1/s1. The third kappa shape index (κ3) is 5.34. The maximum absolute atomic E-state index is 12.1. The zero-order chi connectivity index (χ0) is 32.5. The van der Waals surface area contributed by atoms with E-state index in [-0.39, 0.29) is 35.6 Å². The Labute approximate surface area is 281 Å². The van der Waals surface area contributed by atoms with Crippen molar-refractivity contribution in [2.45, 2.75) is 64.1 Å². The molecule has 3 aliphatic heterocycles. The van der Waals surface area contributed by atoms with Gasteiger partial charge in [0.1, 0.15) is 0 Å². The molecule has 3 saturated heterocycles. The van der Waals surface area contributed by atoms with E-state index < -0.39 is 0 Å². The summed E-state index contributed by atoms with van der Waals surface area (Å²) in [6.45, 7) is 17.1. The first-order chi connectivity index (χ1) is 21.9. The summed E-state index contributed by atoms with van der Waals surface area (Å²) in [4.78, 5) is 21.3. The van der Waals surface area contributed by atoms with Gasteiger partial charge in [0.25, 0.3) is 0 Å². The third-order valence-corrected chi connectivity index (χ3v) is 12.2. The maximum Gasteiger partial charge on any atom is 0.245 e. The van der Waals surface area contributed by atoms with E-state index in [4.69, 9.17) is 28.3 Å². The fourth-order valence-electron chi connectivity index (χ4n) is 8.86. The SMILES string of the molecule is C=CC(=O)N1CC2(CC(n3nc(N4CC[C@@H](CN5CCN(C)[C@H](CO)C5)CC4(C)C)c(-c4c(Cl)c(Cl)cc5[nH]ncc45)c3C)C2)C1. The fraction of sp³-hybridized carbons (Fsp3) is 0.618. The molecule has 3 aromatic rings. The van der Waals surface area contributed by atoms with Crippen molar-refractivity contribution in [3.05, 3.63) is 40.7 Å². The van der Waals surface area contributed by atoms with Crippen molar-refractivity contribution in [3.63, 3.8) is 0 Å². The average molecular weight is 670 g/mol. The number of halogens is 2. The molecule has 1 spiro atoms. The Kier molecular flexibility index (Phi) is 8.20. The first kappa shape index (κ1) is 31.9. The molecule has 248 valence electrons. The summed E-state index contributed by atoms with van der Waals surface area (Å²) in [5, 5.41) is 24.7. The summed E-state index contributed by atoms with van der Waals surface area (Å²) in [7, 11) is 2.11. The number of fused-ring (bicyclic) bond motifs is 1. The van der Waals surface area contributed by atoms with Crippen LogP contribution in [0.5, 0.6) is 0 Å². The van der Waals surface area contributed by atoms with Crippen molar-refractivity contribution in [2.24, 2.45) is 11.3 Å². The molecule has 1 amide bonds. The van der Waals surface area contributed by atoms with Crippen molar-refractivity contribution in [3.8, 4) is 11.1 Å². The van der Waals surface area contributed by atoms with Crippen LogP contribution in [0.4, 0.5) is 5.82 Å². The normalized spacial score (nSPS) is 25.2. The second-order valence-corrected chi connectivity index (χ2v) is 15.8. The molecule has 2 aromatic heterocycles. The number of piperazine rings is 1. The molecule has 4 aliphatic rings. The third-order valence-electron chi connectivity index (χ3n) is 11.4. The number of amides is 1. The van der Waals surface area contributed by atoms with Crippen molar-refractivity contribution in [1.29, 1.82) is 0 Å². The van der Waals surface area contributed by atoms with Crippen molar-refractivity contribution < 1.29 is 9.90 Å². The van der Waals surface area contributed by atoms with Gasteiger partial charge in [0.15, 0.2) is 5.82 Å². The molecule has 10 nitrogen and oxygen atoms in total. The number of aromatic amines is 1. The zero-order valence-corrected chi connectivity index (χ0v) is 28.9. The second kappa shape index (κ2) is 11.8. The van der Waals surface area contributed by atoms with Gasteiger partial charge >= 0.3 is 0 Å². The number of hydrogen-bond donors (Lipinski definition) is 2. The van der Waals surface area contributed by atoms with E-state index in [1.807, 2.05) is 17.2 Å². The van der Waals surface area contributed by atoms with Gasteiger partial charge in [-0.15, -0.1) is 0 Å². The monoisotopic (exact) mass is 668 g/mol. The highest BCUT2D eigenvalue weighted by molar-refractivity contribution is 6.45. The number of anilines is 1. The smallest absolute Gasteiger partial charge is 0.245 e. The van der Waals surface area contributed by atoms with Crippen LogP contribution < -0.4 is 4.90 Å². The number of piperidine rings is 1. The maximum atomic E-state index is 12.1. The van der Waals surface area contributed by atoms with Crippen molar-refractivity contribution in [1.82, 2.24) is 34.7 Å². The molecule has 1 aliphatic carbocycles. The number of nitrogens with zero attached hydrogens (tertiary/aromatic N) is 7. The molecule has 1 aromatic carbocycles. The first-order valence-corrected chi connectivity index (χ1v) is 17.3. The Hall–Kier alpha value is -2.63. The van der Waals surface area contributed by atoms with E-state index in [9.17, 15) is 9.90 Å². The second-order valence-electron chi connectivity index (χ2n) is 15.0. The van der Waals surface area contributed by atoms with Crippen LogP contribution in [-0.2, 0) is 4.79 Å². The first-order valence-electron chi connectivity index (χ1n) is 16.6. The minimum absolute atomic E-state index is 0.0140. The Balaban J connectivity index is 1.20. The number of rotatable bonds is 7. The largest absolute Gasteiger partial charge is 0.395 e. The van der Waals surface area contributed by atoms with Gasteiger partial charge in [-0.1, -0.05) is 29.8 Å². The number of carbonyl (C=O) groups is 1. The lowest BCUT2D eigenvalue weighted by Gasteiger charge is -2.58. The van der Waals surface area contributed by atoms with Crippen LogP contribution in [0, 0.1) is 18.3 Å². The highest BCUT2D eigenvalue weighted by Crippen LogP contribution is 2.56. The van der Waals surface area contributed by atoms with Gasteiger partial charge in [-0.2, -0.15) is 10.2 Å². The summed E-state index contributed by atoms with van der Waals surface area (Å²) in [6.07, 6.45) is 7.33. The van der Waals surface area contributed by atoms with Crippen LogP contribution in [0.3, 0.4) is 0 Å². The van der Waals surface area contributed by atoms with E-state index >= 15 is 0 Å². The Bertz CT molecular complexity index is 1650. The number of nitrogens with one attached hydrogen (secondary N) is 1. The lowest BCUT2D eigenvalue weighted by molar-refractivity contribution is -0.149. The number of hydrogen-bond acceptors (Lipinski definition) is 7. The number of aliphatic hydroxyl groups excluding tert-OH is 1. The fourth-order valence-corrected chi connectivity index (χ4v) is 9.31. The molecule has 0 bridgehead atoms. The van der Waals surface area contributed by atoms with Crippen LogP contribution in [-0.4, -0.2) is 117 Å². The van der Waals surface area contributed by atoms with Gasteiger partial charge in [0, 0.05) is 85.0 Å². The van der Waals surface area contributed by atoms with E-state index in [1.54, 1.807) is 0 Å². The highest BCUT2D eigenvalue weighted by atomic mass is 35.5. The molecule has 0 radical (unpaired) electrons. The molecule has 1 saturated carbocycles. The Morgan fingerprint density at radius 2 is 1.93 bits per heavy atom. The summed E-state index contributed by atoms with van der Waals surface area (Å²) in [5.41, 5.74) is 3.84. The van der Waals surface area contributed by atoms with Crippen LogP contribution in [0.1, 0.15) is 51.3 Å². The number of aromatic nitrogens is 4. The van der Waals surface area contributed by atoms with Gasteiger partial charge in [-0.3, -0.25) is 19.5 Å². The number of benzene rings is 1. The van der Waals surface area contributed by atoms with E-state index in [2.05, 4.69) is 64.0 Å². The molecule has 7 rings (SSSR count). The molecule has 12 heteroatoms. The lowest BCUT2D eigenvalue weighted by atomic mass is 9.60. The average Bonchev–Trinajstić information content (AvgIpc) is 3.57. The lowest BCUT2D eigenvalue weighted by Crippen LogP contribution is -2.63. The van der Waals surface area contributed by atoms with Crippen molar-refractivity contribution in [2.75, 3.05) is 64.4 Å². The molecule has 4 fully saturated rings. The molecule has 0 unspecified atom stereocenters. The zero-order valence-electron chi connectivity index (χ0n) is 27.4. The molecule has 2 N–H and O–H groups in total. The number of likely N-dealkylation sites (tertiary alicyclic amines) is 1. The van der Waals surface area contributed by atoms with E-state index in [0.717, 1.165) is 105 Å². The van der Waals surface area contributed by atoms with Gasteiger partial charge < -0.3 is 19.8 Å². The quantitative estimate of drug-likeness (QED) is 0.342. The Morgan fingerprint density at radius 1 is 1.17 bits per heavy atom. The van der Waals surface area contributed by atoms with Gasteiger partial charge in [0.2, 0.25) is 5.91 Å². The molecular weight excluding hydrogens is 623 g/mol. The number of H-pyrrole nitrogens is 1. The minimum atomic E-state index is -0.146. The highest BCUT2D eigenvalue weighted by Gasteiger charge is 2.54. The number of likely N-dealkylation sites (N-methyl/N-ethyl adjacent to an activating group) is 1. The van der Waals surface area contributed by atoms with Crippen LogP contribution >= 0.6 is 23.2 Å². The number of aliphatic hydroxyl groups is 1. The summed E-state index contributed by atoms with van der Waals surface area (Å²) < 4.78 is 2.22. The summed E-state index contributed by atoms with van der Waals surface area (Å²) in [6, 6.07) is 2.30. The predicted octanol–water partition coefficient (Wildman–Crippen LogP) is 4.99. The predicted molar refractivity (Wildman–Crippen MR) is 184 cm³/mol. The van der Waals surface area contributed by atoms with Gasteiger partial charge in [-0.25, -0.2) is 0 Å². The van der Waals surface area contributed by atoms with Crippen LogP contribution in [0.15, 0.2) is 24.9 Å². The van der Waals surface area contributed by atoms with E-state index in [0.29, 0.717) is 16.0 Å². The number of carbonyl (C=O) groups excluding carboxylic acids is 1. The Morgan fingerprint density at radius 3 is 2.63 bits per heavy atom. The topological polar surface area (TPSA) is 96.8 Å². The van der Waals surface area contributed by atoms with Gasteiger partial charge in [0.05, 0.1) is 34.4 Å². The molecule has 46 heavy (non-hydrogen) atoms. The van der Waals surface area contributed by atoms with Crippen molar-refractivity contribution >= 4 is 45.8 Å². The summed E-state index contributed by atoms with van der Waals surface area (Å²) >= 11 is 13.8. The van der Waals surface area contributed by atoms with Crippen LogP contribution in [0.2, 0.25) is 10.0 Å². The van der Waals surface area contributed by atoms with E-state index in [1.165, 1.54) is 6.08 Å². The summed E-state index contributed by atoms with van der Waals surface area (Å²) in [5.74, 6) is 1.52. The van der Waals surface area contributed by atoms with Gasteiger partial charge in [-0.05, 0) is 71.6 Å². The molecule has 5 heterocycles. The van der Waals surface area contributed by atoms with Crippen LogP contribution in [0.25, 0.3) is 22.0 Å². The minimum Gasteiger partial charge on any atom is -0.395 e. The molecular formula is C34H46Cl2N8O2.